The zero-order valence-electron chi connectivity index (χ0n) is 19.0. The number of anilines is 1. The Labute approximate surface area is 193 Å². The second kappa shape index (κ2) is 8.64. The Bertz CT molecular complexity index is 1260. The predicted octanol–water partition coefficient (Wildman–Crippen LogP) is 3.46. The van der Waals surface area contributed by atoms with Crippen molar-refractivity contribution in [2.24, 2.45) is 0 Å². The fraction of sp³-hybridized carbons (Fsp3) is 0.500. The Morgan fingerprint density at radius 3 is 2.62 bits per heavy atom. The number of rotatable bonds is 7. The van der Waals surface area contributed by atoms with E-state index < -0.39 is 15.6 Å². The summed E-state index contributed by atoms with van der Waals surface area (Å²) in [5, 5.41) is 0.745. The van der Waals surface area contributed by atoms with Gasteiger partial charge in [-0.05, 0) is 76.1 Å². The third-order valence-electron chi connectivity index (χ3n) is 5.37. The van der Waals surface area contributed by atoms with Crippen LogP contribution in [0.1, 0.15) is 50.3 Å². The second-order valence-electron chi connectivity index (χ2n) is 9.34. The summed E-state index contributed by atoms with van der Waals surface area (Å²) >= 11 is 1.57. The van der Waals surface area contributed by atoms with Gasteiger partial charge in [0, 0.05) is 17.0 Å². The molecular formula is C22H30N6O2S2. The number of aromatic nitrogens is 4. The lowest BCUT2D eigenvalue weighted by Gasteiger charge is -2.20. The average Bonchev–Trinajstić information content (AvgIpc) is 3.25. The highest BCUT2D eigenvalue weighted by atomic mass is 32.2. The SMILES string of the molecule is Cc1cc2c(cc1Sc1nc3c(N)ncnc3n1CCCS(=O)(=O)NC(C)(C)C)CCC2. The second-order valence-corrected chi connectivity index (χ2v) is 12.2. The van der Waals surface area contributed by atoms with Crippen molar-refractivity contribution >= 4 is 38.8 Å². The number of benzene rings is 1. The van der Waals surface area contributed by atoms with Crippen molar-refractivity contribution in [1.29, 1.82) is 0 Å². The van der Waals surface area contributed by atoms with Gasteiger partial charge in [0.1, 0.15) is 6.33 Å². The molecule has 0 radical (unpaired) electrons. The van der Waals surface area contributed by atoms with Crippen molar-refractivity contribution in [2.75, 3.05) is 11.5 Å². The van der Waals surface area contributed by atoms with Crippen LogP contribution in [0.4, 0.5) is 5.82 Å². The molecule has 4 rings (SSSR count). The Hall–Kier alpha value is -2.17. The first kappa shape index (κ1) is 23.0. The van der Waals surface area contributed by atoms with Crippen LogP contribution in [0.5, 0.6) is 0 Å². The molecule has 3 N–H and O–H groups in total. The third kappa shape index (κ3) is 5.07. The normalized spacial score (nSPS) is 14.2. The van der Waals surface area contributed by atoms with Crippen LogP contribution in [0, 0.1) is 6.92 Å². The zero-order chi connectivity index (χ0) is 23.1. The van der Waals surface area contributed by atoms with E-state index in [1.165, 1.54) is 29.4 Å². The molecule has 0 unspecified atom stereocenters. The highest BCUT2D eigenvalue weighted by Gasteiger charge is 2.22. The van der Waals surface area contributed by atoms with Crippen LogP contribution in [0.3, 0.4) is 0 Å². The summed E-state index contributed by atoms with van der Waals surface area (Å²) in [7, 11) is -3.39. The van der Waals surface area contributed by atoms with E-state index in [0.29, 0.717) is 29.9 Å². The van der Waals surface area contributed by atoms with E-state index in [2.05, 4.69) is 33.7 Å². The first-order chi connectivity index (χ1) is 15.0. The molecule has 0 atom stereocenters. The molecule has 10 heteroatoms. The van der Waals surface area contributed by atoms with E-state index in [1.54, 1.807) is 11.8 Å². The van der Waals surface area contributed by atoms with Gasteiger partial charge < -0.3 is 10.3 Å². The lowest BCUT2D eigenvalue weighted by atomic mass is 10.1. The van der Waals surface area contributed by atoms with Gasteiger partial charge in [-0.1, -0.05) is 17.8 Å². The maximum absolute atomic E-state index is 12.4. The van der Waals surface area contributed by atoms with Gasteiger partial charge in [0.2, 0.25) is 10.0 Å². The molecular weight excluding hydrogens is 444 g/mol. The van der Waals surface area contributed by atoms with Crippen LogP contribution in [0.15, 0.2) is 28.5 Å². The summed E-state index contributed by atoms with van der Waals surface area (Å²) in [5.74, 6) is 0.343. The zero-order valence-corrected chi connectivity index (χ0v) is 20.6. The quantitative estimate of drug-likeness (QED) is 0.539. The fourth-order valence-corrected chi connectivity index (χ4v) is 6.66. The summed E-state index contributed by atoms with van der Waals surface area (Å²) in [6, 6.07) is 4.54. The lowest BCUT2D eigenvalue weighted by molar-refractivity contribution is 0.488. The number of nitrogens with one attached hydrogen (secondary N) is 1. The monoisotopic (exact) mass is 474 g/mol. The van der Waals surface area contributed by atoms with Gasteiger partial charge in [-0.3, -0.25) is 0 Å². The number of fused-ring (bicyclic) bond motifs is 2. The molecule has 0 fully saturated rings. The van der Waals surface area contributed by atoms with Crippen molar-refractivity contribution in [3.05, 3.63) is 35.2 Å². The first-order valence-corrected chi connectivity index (χ1v) is 13.3. The van der Waals surface area contributed by atoms with Crippen molar-refractivity contribution < 1.29 is 8.42 Å². The minimum atomic E-state index is -3.39. The highest BCUT2D eigenvalue weighted by molar-refractivity contribution is 7.99. The Morgan fingerprint density at radius 1 is 1.19 bits per heavy atom. The number of nitrogen functional groups attached to an aromatic ring is 1. The molecule has 1 aliphatic carbocycles. The van der Waals surface area contributed by atoms with Crippen LogP contribution in [0.2, 0.25) is 0 Å². The van der Waals surface area contributed by atoms with E-state index in [4.69, 9.17) is 10.7 Å². The molecule has 0 saturated carbocycles. The van der Waals surface area contributed by atoms with E-state index >= 15 is 0 Å². The fourth-order valence-electron chi connectivity index (χ4n) is 4.08. The van der Waals surface area contributed by atoms with Crippen LogP contribution >= 0.6 is 11.8 Å². The molecule has 1 aliphatic rings. The molecule has 0 aliphatic heterocycles. The number of hydrogen-bond acceptors (Lipinski definition) is 7. The molecule has 0 bridgehead atoms. The molecule has 0 spiro atoms. The third-order valence-corrected chi connectivity index (χ3v) is 8.28. The summed E-state index contributed by atoms with van der Waals surface area (Å²) in [6.45, 7) is 8.08. The predicted molar refractivity (Wildman–Crippen MR) is 128 cm³/mol. The molecule has 172 valence electrons. The van der Waals surface area contributed by atoms with Gasteiger partial charge in [0.15, 0.2) is 22.1 Å². The summed E-state index contributed by atoms with van der Waals surface area (Å²) in [5.41, 5.74) is 10.8. The number of hydrogen-bond donors (Lipinski definition) is 2. The van der Waals surface area contributed by atoms with Crippen molar-refractivity contribution in [3.63, 3.8) is 0 Å². The summed E-state index contributed by atoms with van der Waals surface area (Å²) < 4.78 is 29.5. The molecule has 2 heterocycles. The van der Waals surface area contributed by atoms with Gasteiger partial charge in [0.25, 0.3) is 0 Å². The van der Waals surface area contributed by atoms with Gasteiger partial charge >= 0.3 is 0 Å². The van der Waals surface area contributed by atoms with E-state index in [1.807, 2.05) is 25.3 Å². The topological polar surface area (TPSA) is 116 Å². The molecule has 2 aromatic heterocycles. The largest absolute Gasteiger partial charge is 0.382 e. The van der Waals surface area contributed by atoms with E-state index in [9.17, 15) is 8.42 Å². The molecule has 3 aromatic rings. The van der Waals surface area contributed by atoms with E-state index in [-0.39, 0.29) is 5.75 Å². The smallest absolute Gasteiger partial charge is 0.212 e. The molecule has 8 nitrogen and oxygen atoms in total. The maximum atomic E-state index is 12.4. The Morgan fingerprint density at radius 2 is 1.91 bits per heavy atom. The maximum Gasteiger partial charge on any atom is 0.212 e. The number of sulfonamides is 1. The van der Waals surface area contributed by atoms with Crippen LogP contribution in [0.25, 0.3) is 11.2 Å². The number of nitrogens with two attached hydrogens (primary N) is 1. The highest BCUT2D eigenvalue weighted by Crippen LogP contribution is 2.36. The first-order valence-electron chi connectivity index (χ1n) is 10.8. The molecule has 1 aromatic carbocycles. The van der Waals surface area contributed by atoms with Gasteiger partial charge in [-0.15, -0.1) is 0 Å². The summed E-state index contributed by atoms with van der Waals surface area (Å²) in [6.07, 6.45) is 5.30. The van der Waals surface area contributed by atoms with Crippen molar-refractivity contribution in [2.45, 2.75) is 75.5 Å². The van der Waals surface area contributed by atoms with Crippen LogP contribution in [-0.2, 0) is 29.4 Å². The van der Waals surface area contributed by atoms with E-state index in [0.717, 1.165) is 22.9 Å². The van der Waals surface area contributed by atoms with Gasteiger partial charge in [0.05, 0.1) is 5.75 Å². The van der Waals surface area contributed by atoms with Crippen molar-refractivity contribution in [1.82, 2.24) is 24.2 Å². The minimum Gasteiger partial charge on any atom is -0.382 e. The van der Waals surface area contributed by atoms with Gasteiger partial charge in [-0.25, -0.2) is 28.1 Å². The molecule has 0 amide bonds. The minimum absolute atomic E-state index is 0.0203. The number of aryl methyl sites for hydroxylation is 4. The Balaban J connectivity index is 1.62. The van der Waals surface area contributed by atoms with Gasteiger partial charge in [-0.2, -0.15) is 0 Å². The number of imidazole rings is 1. The molecule has 0 saturated heterocycles. The average molecular weight is 475 g/mol. The molecule has 32 heavy (non-hydrogen) atoms. The summed E-state index contributed by atoms with van der Waals surface area (Å²) in [4.78, 5) is 14.3. The van der Waals surface area contributed by atoms with Crippen LogP contribution in [-0.4, -0.2) is 39.2 Å². The number of nitrogens with zero attached hydrogens (tertiary/aromatic N) is 4. The standard InChI is InChI=1S/C22H30N6O2S2/c1-14-11-15-7-5-8-16(15)12-17(14)31-21-26-18-19(23)24-13-25-20(18)28(21)9-6-10-32(29,30)27-22(2,3)4/h11-13,27H,5-10H2,1-4H3,(H2,23,24,25). The lowest BCUT2D eigenvalue weighted by Crippen LogP contribution is -2.41. The van der Waals surface area contributed by atoms with Crippen LogP contribution < -0.4 is 10.5 Å². The van der Waals surface area contributed by atoms with Crippen molar-refractivity contribution in [3.8, 4) is 0 Å². The Kier molecular flexibility index (Phi) is 6.21.